The van der Waals surface area contributed by atoms with Crippen molar-refractivity contribution >= 4 is 62.4 Å². The van der Waals surface area contributed by atoms with Crippen molar-refractivity contribution < 1.29 is 22.7 Å². The van der Waals surface area contributed by atoms with Crippen LogP contribution in [0.4, 0.5) is 5.69 Å². The maximum absolute atomic E-state index is 12.9. The lowest BCUT2D eigenvalue weighted by atomic mass is 9.98. The summed E-state index contributed by atoms with van der Waals surface area (Å²) in [5, 5.41) is 3.56. The van der Waals surface area contributed by atoms with Crippen molar-refractivity contribution in [3.05, 3.63) is 62.6 Å². The molecule has 0 bridgehead atoms. The Hall–Kier alpha value is -1.84. The summed E-state index contributed by atoms with van der Waals surface area (Å²) in [6.45, 7) is 2.34. The lowest BCUT2D eigenvalue weighted by molar-refractivity contribution is -0.120. The Kier molecular flexibility index (Phi) is 8.64. The summed E-state index contributed by atoms with van der Waals surface area (Å²) in [5.41, 5.74) is 1.13. The molecule has 0 aliphatic carbocycles. The third-order valence-electron chi connectivity index (χ3n) is 5.22. The number of hydrogen-bond acceptors (Lipinski definition) is 5. The number of halogens is 3. The van der Waals surface area contributed by atoms with E-state index in [1.165, 1.54) is 28.6 Å². The second-order valence-corrected chi connectivity index (χ2v) is 10.8. The van der Waals surface area contributed by atoms with Crippen molar-refractivity contribution in [3.8, 4) is 0 Å². The maximum atomic E-state index is 12.9. The Morgan fingerprint density at radius 2 is 1.85 bits per heavy atom. The first-order chi connectivity index (χ1) is 15.6. The molecule has 11 heteroatoms. The zero-order chi connectivity index (χ0) is 24.2. The molecule has 3 rings (SSSR count). The number of nitrogens with one attached hydrogen (secondary N) is 1. The molecule has 0 spiro atoms. The van der Waals surface area contributed by atoms with Gasteiger partial charge in [-0.05, 0) is 55.7 Å². The highest BCUT2D eigenvalue weighted by Crippen LogP contribution is 2.28. The van der Waals surface area contributed by atoms with Crippen LogP contribution in [0.25, 0.3) is 0 Å². The van der Waals surface area contributed by atoms with Gasteiger partial charge in [0.25, 0.3) is 0 Å². The van der Waals surface area contributed by atoms with Crippen LogP contribution in [0, 0.1) is 5.92 Å². The molecule has 1 N–H and O–H groups in total. The molecule has 0 unspecified atom stereocenters. The van der Waals surface area contributed by atoms with Crippen LogP contribution in [-0.4, -0.2) is 44.3 Å². The van der Waals surface area contributed by atoms with Gasteiger partial charge in [0.05, 0.1) is 44.6 Å². The lowest BCUT2D eigenvalue weighted by Crippen LogP contribution is -2.44. The van der Waals surface area contributed by atoms with Gasteiger partial charge in [-0.15, -0.1) is 0 Å². The van der Waals surface area contributed by atoms with Crippen LogP contribution in [0.3, 0.4) is 0 Å². The van der Waals surface area contributed by atoms with E-state index in [9.17, 15) is 18.0 Å². The molecule has 7 nitrogen and oxygen atoms in total. The van der Waals surface area contributed by atoms with E-state index in [1.54, 1.807) is 19.1 Å². The lowest BCUT2D eigenvalue weighted by Gasteiger charge is -2.31. The Bertz CT molecular complexity index is 1160. The molecule has 0 saturated carbocycles. The first-order valence-electron chi connectivity index (χ1n) is 10.3. The zero-order valence-corrected chi connectivity index (χ0v) is 20.9. The summed E-state index contributed by atoms with van der Waals surface area (Å²) in [5.74, 6) is -1.62. The summed E-state index contributed by atoms with van der Waals surface area (Å²) in [6, 6.07) is 9.14. The van der Waals surface area contributed by atoms with Crippen molar-refractivity contribution in [1.82, 2.24) is 4.31 Å². The average Bonchev–Trinajstić information content (AvgIpc) is 2.77. The Morgan fingerprint density at radius 3 is 2.52 bits per heavy atom. The predicted octanol–water partition coefficient (Wildman–Crippen LogP) is 5.00. The van der Waals surface area contributed by atoms with E-state index in [0.29, 0.717) is 35.7 Å². The van der Waals surface area contributed by atoms with Crippen LogP contribution in [0.5, 0.6) is 0 Å². The normalized spacial score (nSPS) is 16.9. The highest BCUT2D eigenvalue weighted by molar-refractivity contribution is 7.88. The second kappa shape index (κ2) is 11.1. The third kappa shape index (κ3) is 6.61. The summed E-state index contributed by atoms with van der Waals surface area (Å²) < 4.78 is 32.1. The number of nitrogens with zero attached hydrogens (tertiary/aromatic N) is 1. The Labute approximate surface area is 208 Å². The van der Waals surface area contributed by atoms with Gasteiger partial charge in [-0.1, -0.05) is 40.9 Å². The molecule has 1 atom stereocenters. The van der Waals surface area contributed by atoms with Gasteiger partial charge >= 0.3 is 5.97 Å². The number of hydrogen-bond donors (Lipinski definition) is 1. The fraction of sp³-hybridized carbons (Fsp3) is 0.364. The summed E-state index contributed by atoms with van der Waals surface area (Å²) in [6.07, 6.45) is 1.09. The number of esters is 1. The zero-order valence-electron chi connectivity index (χ0n) is 17.8. The molecule has 33 heavy (non-hydrogen) atoms. The number of piperidine rings is 1. The van der Waals surface area contributed by atoms with Crippen LogP contribution in [0.1, 0.15) is 35.7 Å². The van der Waals surface area contributed by atoms with Gasteiger partial charge in [-0.2, -0.15) is 0 Å². The molecular formula is C22H23Cl3N2O5S. The number of anilines is 1. The maximum Gasteiger partial charge on any atom is 0.338 e. The highest BCUT2D eigenvalue weighted by Gasteiger charge is 2.32. The van der Waals surface area contributed by atoms with Crippen molar-refractivity contribution in [3.63, 3.8) is 0 Å². The number of benzene rings is 2. The van der Waals surface area contributed by atoms with Gasteiger partial charge in [0, 0.05) is 13.1 Å². The van der Waals surface area contributed by atoms with Crippen LogP contribution in [0.15, 0.2) is 36.4 Å². The molecule has 178 valence electrons. The molecule has 0 aromatic heterocycles. The second-order valence-electron chi connectivity index (χ2n) is 7.61. The largest absolute Gasteiger partial charge is 0.462 e. The topological polar surface area (TPSA) is 92.8 Å². The molecule has 1 amide bonds. The Balaban J connectivity index is 1.66. The minimum absolute atomic E-state index is 0.0635. The van der Waals surface area contributed by atoms with Gasteiger partial charge in [0.1, 0.15) is 0 Å². The van der Waals surface area contributed by atoms with Gasteiger partial charge in [0.15, 0.2) is 0 Å². The fourth-order valence-electron chi connectivity index (χ4n) is 3.53. The van der Waals surface area contributed by atoms with Crippen molar-refractivity contribution in [1.29, 1.82) is 0 Å². The van der Waals surface area contributed by atoms with Crippen molar-refractivity contribution in [2.75, 3.05) is 25.0 Å². The monoisotopic (exact) mass is 532 g/mol. The van der Waals surface area contributed by atoms with E-state index in [2.05, 4.69) is 5.32 Å². The molecule has 2 aromatic rings. The molecule has 1 aliphatic heterocycles. The summed E-state index contributed by atoms with van der Waals surface area (Å²) >= 11 is 18.1. The standard InChI is InChI=1S/C22H23Cl3N2O5S/c1-2-32-22(29)15-6-8-20(19(25)11-15)26-21(28)16-4-3-9-27(12-16)33(30,31)13-14-5-7-17(23)18(24)10-14/h5-8,10-11,16H,2-4,9,12-13H2,1H3,(H,26,28)/t16-/m1/s1. The minimum Gasteiger partial charge on any atom is -0.462 e. The number of ether oxygens (including phenoxy) is 1. The van der Waals surface area contributed by atoms with E-state index in [1.807, 2.05) is 0 Å². The molecule has 1 heterocycles. The van der Waals surface area contributed by atoms with Gasteiger partial charge in [-0.25, -0.2) is 17.5 Å². The van der Waals surface area contributed by atoms with Gasteiger partial charge in [0.2, 0.25) is 15.9 Å². The smallest absolute Gasteiger partial charge is 0.338 e. The first-order valence-corrected chi connectivity index (χ1v) is 13.0. The number of carbonyl (C=O) groups is 2. The molecule has 1 fully saturated rings. The van der Waals surface area contributed by atoms with Crippen molar-refractivity contribution in [2.45, 2.75) is 25.5 Å². The number of amides is 1. The van der Waals surface area contributed by atoms with E-state index in [4.69, 9.17) is 39.5 Å². The van der Waals surface area contributed by atoms with Crippen LogP contribution in [-0.2, 0) is 25.3 Å². The number of carbonyl (C=O) groups excluding carboxylic acids is 2. The van der Waals surface area contributed by atoms with Crippen LogP contribution in [0.2, 0.25) is 15.1 Å². The SMILES string of the molecule is CCOC(=O)c1ccc(NC(=O)[C@@H]2CCCN(S(=O)(=O)Cc3ccc(Cl)c(Cl)c3)C2)c(Cl)c1. The van der Waals surface area contributed by atoms with E-state index in [-0.39, 0.29) is 40.4 Å². The van der Waals surface area contributed by atoms with Crippen LogP contribution < -0.4 is 5.32 Å². The molecule has 1 saturated heterocycles. The van der Waals surface area contributed by atoms with E-state index >= 15 is 0 Å². The first kappa shape index (κ1) is 25.8. The third-order valence-corrected chi connectivity index (χ3v) is 8.09. The van der Waals surface area contributed by atoms with Crippen LogP contribution >= 0.6 is 34.8 Å². The molecule has 0 radical (unpaired) electrons. The molecule has 1 aliphatic rings. The molecular weight excluding hydrogens is 511 g/mol. The number of rotatable bonds is 7. The van der Waals surface area contributed by atoms with E-state index in [0.717, 1.165) is 0 Å². The van der Waals surface area contributed by atoms with E-state index < -0.39 is 21.9 Å². The highest BCUT2D eigenvalue weighted by atomic mass is 35.5. The Morgan fingerprint density at radius 1 is 1.09 bits per heavy atom. The predicted molar refractivity (Wildman–Crippen MR) is 129 cm³/mol. The minimum atomic E-state index is -3.66. The average molecular weight is 534 g/mol. The van der Waals surface area contributed by atoms with Crippen molar-refractivity contribution in [2.24, 2.45) is 5.92 Å². The fourth-order valence-corrected chi connectivity index (χ4v) is 5.68. The van der Waals surface area contributed by atoms with Gasteiger partial charge in [-0.3, -0.25) is 4.79 Å². The quantitative estimate of drug-likeness (QED) is 0.505. The summed E-state index contributed by atoms with van der Waals surface area (Å²) in [4.78, 5) is 24.7. The number of sulfonamides is 1. The summed E-state index contributed by atoms with van der Waals surface area (Å²) in [7, 11) is -3.66. The molecule has 2 aromatic carbocycles. The van der Waals surface area contributed by atoms with Gasteiger partial charge < -0.3 is 10.1 Å².